The summed E-state index contributed by atoms with van der Waals surface area (Å²) in [6.07, 6.45) is 1.70. The van der Waals surface area contributed by atoms with Crippen molar-refractivity contribution >= 4 is 17.1 Å². The zero-order valence-electron chi connectivity index (χ0n) is 10.1. The molecule has 2 rings (SSSR count). The molecule has 1 aromatic heterocycles. The molecule has 3 nitrogen and oxygen atoms in total. The largest absolute Gasteiger partial charge is 0.366 e. The zero-order chi connectivity index (χ0) is 13.0. The summed E-state index contributed by atoms with van der Waals surface area (Å²) in [5.41, 5.74) is 8.35. The van der Waals surface area contributed by atoms with Gasteiger partial charge in [0, 0.05) is 6.20 Å². The van der Waals surface area contributed by atoms with E-state index in [1.807, 2.05) is 55.5 Å². The maximum atomic E-state index is 11.7. The second-order valence-electron chi connectivity index (χ2n) is 3.95. The molecule has 0 saturated heterocycles. The zero-order valence-corrected chi connectivity index (χ0v) is 10.1. The van der Waals surface area contributed by atoms with Crippen molar-refractivity contribution in [2.45, 2.75) is 6.92 Å². The lowest BCUT2D eigenvalue weighted by Gasteiger charge is -2.09. The first-order chi connectivity index (χ1) is 8.70. The molecule has 0 aliphatic carbocycles. The minimum atomic E-state index is -0.440. The van der Waals surface area contributed by atoms with E-state index < -0.39 is 5.91 Å². The lowest BCUT2D eigenvalue weighted by Crippen LogP contribution is -2.14. The number of carbonyl (C=O) groups is 1. The van der Waals surface area contributed by atoms with Crippen molar-refractivity contribution in [1.29, 1.82) is 0 Å². The Morgan fingerprint density at radius 1 is 1.06 bits per heavy atom. The van der Waals surface area contributed by atoms with Crippen LogP contribution >= 0.6 is 0 Å². The Morgan fingerprint density at radius 2 is 1.72 bits per heavy atom. The number of hydrogen-bond donors (Lipinski definition) is 1. The Hall–Kier alpha value is -2.42. The van der Waals surface area contributed by atoms with Gasteiger partial charge in [-0.1, -0.05) is 36.4 Å². The highest BCUT2D eigenvalue weighted by molar-refractivity contribution is 6.25. The molecule has 0 aliphatic rings. The number of primary amides is 1. The highest BCUT2D eigenvalue weighted by atomic mass is 16.1. The molecule has 2 N–H and O–H groups in total. The van der Waals surface area contributed by atoms with E-state index in [9.17, 15) is 4.79 Å². The van der Waals surface area contributed by atoms with Crippen LogP contribution in [-0.4, -0.2) is 10.9 Å². The Bertz CT molecular complexity index is 574. The van der Waals surface area contributed by atoms with E-state index >= 15 is 0 Å². The Morgan fingerprint density at radius 3 is 2.28 bits per heavy atom. The first kappa shape index (κ1) is 12.0. The molecule has 0 unspecified atom stereocenters. The normalized spacial score (nSPS) is 11.8. The summed E-state index contributed by atoms with van der Waals surface area (Å²) in [7, 11) is 0. The fourth-order valence-electron chi connectivity index (χ4n) is 1.86. The van der Waals surface area contributed by atoms with Crippen LogP contribution in [0.25, 0.3) is 11.1 Å². The van der Waals surface area contributed by atoms with Gasteiger partial charge in [0.2, 0.25) is 5.91 Å². The van der Waals surface area contributed by atoms with Crippen LogP contribution < -0.4 is 5.73 Å². The van der Waals surface area contributed by atoms with Crippen LogP contribution in [0, 0.1) is 0 Å². The molecule has 1 aromatic carbocycles. The first-order valence-electron chi connectivity index (χ1n) is 5.67. The number of benzene rings is 1. The molecular formula is C15H14N2O. The van der Waals surface area contributed by atoms with Gasteiger partial charge in [0.15, 0.2) is 0 Å². The van der Waals surface area contributed by atoms with E-state index in [-0.39, 0.29) is 0 Å². The molecule has 90 valence electrons. The van der Waals surface area contributed by atoms with Crippen LogP contribution in [0.1, 0.15) is 18.2 Å². The van der Waals surface area contributed by atoms with Crippen molar-refractivity contribution in [2.24, 2.45) is 5.73 Å². The predicted molar refractivity (Wildman–Crippen MR) is 72.4 cm³/mol. The highest BCUT2D eigenvalue weighted by Gasteiger charge is 2.13. The number of aromatic nitrogens is 1. The predicted octanol–water partition coefficient (Wildman–Crippen LogP) is 2.50. The number of rotatable bonds is 3. The summed E-state index contributed by atoms with van der Waals surface area (Å²) < 4.78 is 0. The lowest BCUT2D eigenvalue weighted by atomic mass is 9.98. The summed E-state index contributed by atoms with van der Waals surface area (Å²) in [4.78, 5) is 15.9. The average Bonchev–Trinajstić information content (AvgIpc) is 2.40. The lowest BCUT2D eigenvalue weighted by molar-refractivity contribution is -0.112. The molecule has 0 radical (unpaired) electrons. The van der Waals surface area contributed by atoms with Crippen molar-refractivity contribution in [1.82, 2.24) is 4.98 Å². The third-order valence-corrected chi connectivity index (χ3v) is 2.73. The summed E-state index contributed by atoms with van der Waals surface area (Å²) in [5, 5.41) is 0. The first-order valence-corrected chi connectivity index (χ1v) is 5.67. The van der Waals surface area contributed by atoms with Gasteiger partial charge in [-0.05, 0) is 30.2 Å². The Labute approximate surface area is 106 Å². The van der Waals surface area contributed by atoms with Gasteiger partial charge in [-0.3, -0.25) is 9.78 Å². The Balaban J connectivity index is 2.58. The maximum Gasteiger partial charge on any atom is 0.249 e. The van der Waals surface area contributed by atoms with Gasteiger partial charge in [0.05, 0.1) is 11.3 Å². The fraction of sp³-hybridized carbons (Fsp3) is 0.0667. The van der Waals surface area contributed by atoms with E-state index in [1.54, 1.807) is 6.20 Å². The molecule has 2 aromatic rings. The molecule has 18 heavy (non-hydrogen) atoms. The second kappa shape index (κ2) is 5.27. The molecule has 0 spiro atoms. The van der Waals surface area contributed by atoms with Crippen LogP contribution in [-0.2, 0) is 4.79 Å². The molecule has 0 fully saturated rings. The van der Waals surface area contributed by atoms with Crippen LogP contribution in [0.15, 0.2) is 54.7 Å². The van der Waals surface area contributed by atoms with Crippen LogP contribution in [0.4, 0.5) is 0 Å². The van der Waals surface area contributed by atoms with Crippen LogP contribution in [0.2, 0.25) is 0 Å². The van der Waals surface area contributed by atoms with Crippen molar-refractivity contribution in [3.63, 3.8) is 0 Å². The molecule has 0 bridgehead atoms. The monoisotopic (exact) mass is 238 g/mol. The minimum Gasteiger partial charge on any atom is -0.366 e. The van der Waals surface area contributed by atoms with Gasteiger partial charge in [-0.2, -0.15) is 0 Å². The number of carbonyl (C=O) groups excluding carboxylic acids is 1. The van der Waals surface area contributed by atoms with E-state index in [0.29, 0.717) is 5.57 Å². The van der Waals surface area contributed by atoms with E-state index in [4.69, 9.17) is 5.73 Å². The van der Waals surface area contributed by atoms with Gasteiger partial charge >= 0.3 is 0 Å². The summed E-state index contributed by atoms with van der Waals surface area (Å²) in [6.45, 7) is 1.86. The molecular weight excluding hydrogens is 224 g/mol. The maximum absolute atomic E-state index is 11.7. The fourth-order valence-corrected chi connectivity index (χ4v) is 1.86. The number of nitrogens with zero attached hydrogens (tertiary/aromatic N) is 1. The number of nitrogens with two attached hydrogens (primary N) is 1. The average molecular weight is 238 g/mol. The molecule has 3 heteroatoms. The summed E-state index contributed by atoms with van der Waals surface area (Å²) in [5.74, 6) is -0.440. The van der Waals surface area contributed by atoms with E-state index in [1.165, 1.54) is 0 Å². The van der Waals surface area contributed by atoms with Gasteiger partial charge in [-0.15, -0.1) is 0 Å². The van der Waals surface area contributed by atoms with Gasteiger partial charge in [-0.25, -0.2) is 0 Å². The smallest absolute Gasteiger partial charge is 0.249 e. The third kappa shape index (κ3) is 2.46. The van der Waals surface area contributed by atoms with Gasteiger partial charge in [0.1, 0.15) is 0 Å². The van der Waals surface area contributed by atoms with Crippen molar-refractivity contribution in [3.05, 3.63) is 66.0 Å². The summed E-state index contributed by atoms with van der Waals surface area (Å²) in [6, 6.07) is 15.0. The van der Waals surface area contributed by atoms with Crippen molar-refractivity contribution in [3.8, 4) is 0 Å². The van der Waals surface area contributed by atoms with Crippen molar-refractivity contribution < 1.29 is 4.79 Å². The topological polar surface area (TPSA) is 56.0 Å². The SMILES string of the molecule is CC(=C(C(N)=O)c1ccccc1)c1ccccn1. The van der Waals surface area contributed by atoms with E-state index in [0.717, 1.165) is 16.8 Å². The second-order valence-corrected chi connectivity index (χ2v) is 3.95. The molecule has 1 amide bonds. The molecule has 0 atom stereocenters. The number of amides is 1. The van der Waals surface area contributed by atoms with Crippen molar-refractivity contribution in [2.75, 3.05) is 0 Å². The quantitative estimate of drug-likeness (QED) is 0.835. The summed E-state index contributed by atoms with van der Waals surface area (Å²) >= 11 is 0. The molecule has 1 heterocycles. The minimum absolute atomic E-state index is 0.440. The number of allylic oxidation sites excluding steroid dienone is 1. The number of pyridine rings is 1. The van der Waals surface area contributed by atoms with Crippen LogP contribution in [0.3, 0.4) is 0 Å². The van der Waals surface area contributed by atoms with Gasteiger partial charge in [0.25, 0.3) is 0 Å². The molecule has 0 aliphatic heterocycles. The highest BCUT2D eigenvalue weighted by Crippen LogP contribution is 2.24. The Kier molecular flexibility index (Phi) is 3.53. The van der Waals surface area contributed by atoms with Crippen LogP contribution in [0.5, 0.6) is 0 Å². The van der Waals surface area contributed by atoms with E-state index in [2.05, 4.69) is 4.98 Å². The van der Waals surface area contributed by atoms with Gasteiger partial charge < -0.3 is 5.73 Å². The standard InChI is InChI=1S/C15H14N2O/c1-11(13-9-5-6-10-17-13)14(15(16)18)12-7-3-2-4-8-12/h2-10H,1H3,(H2,16,18). The third-order valence-electron chi connectivity index (χ3n) is 2.73. The molecule has 0 saturated carbocycles. The number of hydrogen-bond acceptors (Lipinski definition) is 2.